The topological polar surface area (TPSA) is 30.7 Å². The van der Waals surface area contributed by atoms with Crippen LogP contribution in [0.25, 0.3) is 94.4 Å². The molecule has 1 aliphatic rings. The molecule has 10 rings (SSSR count). The molecule has 0 amide bonds. The summed E-state index contributed by atoms with van der Waals surface area (Å²) in [4.78, 5) is 10.1. The fourth-order valence-corrected chi connectivity index (χ4v) is 7.45. The van der Waals surface area contributed by atoms with Crippen LogP contribution in [0.2, 0.25) is 0 Å². The number of fused-ring (bicyclic) bond motifs is 7. The zero-order chi connectivity index (χ0) is 30.9. The summed E-state index contributed by atoms with van der Waals surface area (Å²) in [6.45, 7) is 0. The minimum atomic E-state index is 0.710. The molecule has 0 fully saturated rings. The maximum absolute atomic E-state index is 5.07. The molecule has 0 bridgehead atoms. The molecule has 2 heterocycles. The smallest absolute Gasteiger partial charge is 0.160 e. The monoisotopic (exact) mass is 597 g/mol. The van der Waals surface area contributed by atoms with Gasteiger partial charge in [0, 0.05) is 38.7 Å². The van der Waals surface area contributed by atoms with Crippen molar-refractivity contribution >= 4 is 32.6 Å². The molecule has 0 saturated heterocycles. The van der Waals surface area contributed by atoms with Gasteiger partial charge in [0.1, 0.15) is 0 Å². The average Bonchev–Trinajstić information content (AvgIpc) is 3.66. The van der Waals surface area contributed by atoms with E-state index in [1.165, 1.54) is 54.8 Å². The van der Waals surface area contributed by atoms with Gasteiger partial charge in [-0.2, -0.15) is 0 Å². The van der Waals surface area contributed by atoms with Crippen LogP contribution in [-0.2, 0) is 0 Å². The number of nitrogens with zero attached hydrogens (tertiary/aromatic N) is 3. The normalized spacial score (nSPS) is 11.8. The molecule has 0 aliphatic heterocycles. The summed E-state index contributed by atoms with van der Waals surface area (Å²) in [6, 6.07) is 58.2. The lowest BCUT2D eigenvalue weighted by molar-refractivity contribution is 1.16. The number of hydrogen-bond donors (Lipinski definition) is 0. The molecule has 3 nitrogen and oxygen atoms in total. The number of aromatic nitrogens is 3. The highest BCUT2D eigenvalue weighted by molar-refractivity contribution is 6.24. The quantitative estimate of drug-likeness (QED) is 0.202. The van der Waals surface area contributed by atoms with Crippen molar-refractivity contribution in [3.05, 3.63) is 164 Å². The van der Waals surface area contributed by atoms with E-state index >= 15 is 0 Å². The zero-order valence-electron chi connectivity index (χ0n) is 25.4. The van der Waals surface area contributed by atoms with Gasteiger partial charge in [-0.05, 0) is 63.9 Å². The van der Waals surface area contributed by atoms with E-state index in [0.29, 0.717) is 5.82 Å². The molecular weight excluding hydrogens is 571 g/mol. The molecule has 0 saturated carbocycles. The molecule has 2 aromatic heterocycles. The van der Waals surface area contributed by atoms with Gasteiger partial charge in [-0.15, -0.1) is 0 Å². The Hall–Kier alpha value is -6.32. The largest absolute Gasteiger partial charge is 0.309 e. The Kier molecular flexibility index (Phi) is 5.57. The lowest BCUT2D eigenvalue weighted by atomic mass is 10.0. The lowest BCUT2D eigenvalue weighted by Gasteiger charge is -2.13. The second-order valence-electron chi connectivity index (χ2n) is 12.2. The second kappa shape index (κ2) is 10.1. The van der Waals surface area contributed by atoms with Gasteiger partial charge >= 0.3 is 0 Å². The molecule has 1 aliphatic carbocycles. The van der Waals surface area contributed by atoms with Crippen molar-refractivity contribution in [1.29, 1.82) is 0 Å². The highest BCUT2D eigenvalue weighted by Crippen LogP contribution is 2.51. The first-order valence-electron chi connectivity index (χ1n) is 16.0. The summed E-state index contributed by atoms with van der Waals surface area (Å²) in [7, 11) is 0. The molecule has 0 unspecified atom stereocenters. The summed E-state index contributed by atoms with van der Waals surface area (Å²) < 4.78 is 2.44. The number of rotatable bonds is 4. The third kappa shape index (κ3) is 3.93. The van der Waals surface area contributed by atoms with E-state index < -0.39 is 0 Å². The van der Waals surface area contributed by atoms with Crippen LogP contribution in [0.15, 0.2) is 164 Å². The Morgan fingerprint density at radius 1 is 0.426 bits per heavy atom. The molecule has 47 heavy (non-hydrogen) atoms. The SMILES string of the molecule is c1ccc(-c2cc(-c3ccccc3)nc(-c3ccc(-n4c5ccccc5c5ccc6c(c54)-c4cccc5cccc-6c45)cc3)n2)cc1. The summed E-state index contributed by atoms with van der Waals surface area (Å²) >= 11 is 0. The molecule has 0 spiro atoms. The van der Waals surface area contributed by atoms with Gasteiger partial charge in [-0.3, -0.25) is 0 Å². The Morgan fingerprint density at radius 2 is 1.06 bits per heavy atom. The Morgan fingerprint density at radius 3 is 1.77 bits per heavy atom. The van der Waals surface area contributed by atoms with Crippen molar-refractivity contribution in [1.82, 2.24) is 14.5 Å². The van der Waals surface area contributed by atoms with Gasteiger partial charge in [0.2, 0.25) is 0 Å². The van der Waals surface area contributed by atoms with Crippen LogP contribution in [0.4, 0.5) is 0 Å². The van der Waals surface area contributed by atoms with Gasteiger partial charge < -0.3 is 4.57 Å². The first-order chi connectivity index (χ1) is 23.3. The molecule has 0 N–H and O–H groups in total. The third-order valence-corrected chi connectivity index (χ3v) is 9.55. The molecule has 0 radical (unpaired) electrons. The fourth-order valence-electron chi connectivity index (χ4n) is 7.45. The van der Waals surface area contributed by atoms with Crippen LogP contribution in [0.5, 0.6) is 0 Å². The summed E-state index contributed by atoms with van der Waals surface area (Å²) in [5.74, 6) is 0.710. The van der Waals surface area contributed by atoms with Crippen LogP contribution >= 0.6 is 0 Å². The lowest BCUT2D eigenvalue weighted by Crippen LogP contribution is -1.98. The fraction of sp³-hybridized carbons (Fsp3) is 0. The van der Waals surface area contributed by atoms with E-state index in [1.807, 2.05) is 12.1 Å². The van der Waals surface area contributed by atoms with Gasteiger partial charge in [0.25, 0.3) is 0 Å². The van der Waals surface area contributed by atoms with Crippen molar-refractivity contribution < 1.29 is 0 Å². The number of benzene rings is 7. The van der Waals surface area contributed by atoms with Crippen molar-refractivity contribution in [3.8, 4) is 61.8 Å². The standard InChI is InChI=1S/C44H27N3/c1-3-11-28(12-4-1)38-27-39(29-13-5-2-6-14-29)46-44(45-38)31-21-23-32(24-22-31)47-40-20-8-7-17-33(40)36-26-25-35-34-18-9-15-30-16-10-19-37(41(30)34)42(35)43(36)47/h1-27H. The van der Waals surface area contributed by atoms with Gasteiger partial charge in [0.15, 0.2) is 5.82 Å². The average molecular weight is 598 g/mol. The molecule has 7 aromatic carbocycles. The van der Waals surface area contributed by atoms with Crippen LogP contribution in [0, 0.1) is 0 Å². The third-order valence-electron chi connectivity index (χ3n) is 9.55. The van der Waals surface area contributed by atoms with Crippen LogP contribution in [-0.4, -0.2) is 14.5 Å². The van der Waals surface area contributed by atoms with Gasteiger partial charge in [0.05, 0.1) is 22.4 Å². The maximum Gasteiger partial charge on any atom is 0.160 e. The first kappa shape index (κ1) is 26.0. The first-order valence-corrected chi connectivity index (χ1v) is 16.0. The molecular formula is C44H27N3. The van der Waals surface area contributed by atoms with E-state index in [4.69, 9.17) is 9.97 Å². The minimum Gasteiger partial charge on any atom is -0.309 e. The predicted molar refractivity (Wildman–Crippen MR) is 195 cm³/mol. The summed E-state index contributed by atoms with van der Waals surface area (Å²) in [5.41, 5.74) is 13.7. The van der Waals surface area contributed by atoms with Gasteiger partial charge in [-0.1, -0.05) is 127 Å². The molecule has 9 aromatic rings. The van der Waals surface area contributed by atoms with E-state index in [0.717, 1.165) is 33.8 Å². The second-order valence-corrected chi connectivity index (χ2v) is 12.2. The van der Waals surface area contributed by atoms with Crippen LogP contribution in [0.3, 0.4) is 0 Å². The van der Waals surface area contributed by atoms with Gasteiger partial charge in [-0.25, -0.2) is 9.97 Å². The number of hydrogen-bond acceptors (Lipinski definition) is 2. The van der Waals surface area contributed by atoms with Crippen molar-refractivity contribution in [2.75, 3.05) is 0 Å². The van der Waals surface area contributed by atoms with Crippen LogP contribution < -0.4 is 0 Å². The van der Waals surface area contributed by atoms with E-state index in [1.54, 1.807) is 0 Å². The van der Waals surface area contributed by atoms with Crippen molar-refractivity contribution in [2.24, 2.45) is 0 Å². The predicted octanol–water partition coefficient (Wildman–Crippen LogP) is 11.4. The molecule has 3 heteroatoms. The Labute approximate surface area is 272 Å². The Bertz CT molecular complexity index is 2590. The van der Waals surface area contributed by atoms with E-state index in [9.17, 15) is 0 Å². The highest BCUT2D eigenvalue weighted by Gasteiger charge is 2.26. The van der Waals surface area contributed by atoms with E-state index in [2.05, 4.69) is 156 Å². The summed E-state index contributed by atoms with van der Waals surface area (Å²) in [6.07, 6.45) is 0. The Balaban J connectivity index is 1.17. The van der Waals surface area contributed by atoms with Crippen LogP contribution in [0.1, 0.15) is 0 Å². The number of para-hydroxylation sites is 1. The van der Waals surface area contributed by atoms with Crippen molar-refractivity contribution in [2.45, 2.75) is 0 Å². The zero-order valence-corrected chi connectivity index (χ0v) is 25.4. The minimum absolute atomic E-state index is 0.710. The van der Waals surface area contributed by atoms with E-state index in [-0.39, 0.29) is 0 Å². The maximum atomic E-state index is 5.07. The van der Waals surface area contributed by atoms with Crippen molar-refractivity contribution in [3.63, 3.8) is 0 Å². The highest BCUT2D eigenvalue weighted by atomic mass is 15.0. The summed E-state index contributed by atoms with van der Waals surface area (Å²) in [5, 5.41) is 5.14. The molecule has 218 valence electrons. The molecule has 0 atom stereocenters.